The van der Waals surface area contributed by atoms with Gasteiger partial charge in [-0.05, 0) is 67.1 Å². The number of nitrogens with one attached hydrogen (secondary N) is 3. The average Bonchev–Trinajstić information content (AvgIpc) is 2.86. The molecule has 0 bridgehead atoms. The molecule has 0 aliphatic rings. The molecule has 0 aliphatic carbocycles. The number of aryl methyl sites for hydroxylation is 1. The van der Waals surface area contributed by atoms with Gasteiger partial charge in [-0.15, -0.1) is 0 Å². The molecule has 0 radical (unpaired) electrons. The second kappa shape index (κ2) is 10.3. The highest BCUT2D eigenvalue weighted by atomic mass is 19.4. The first-order valence-electron chi connectivity index (χ1n) is 10.7. The molecule has 0 spiro atoms. The Kier molecular flexibility index (Phi) is 7.00. The van der Waals surface area contributed by atoms with E-state index in [-0.39, 0.29) is 5.69 Å². The average molecular weight is 494 g/mol. The van der Waals surface area contributed by atoms with Crippen LogP contribution in [0.3, 0.4) is 0 Å². The number of nitrogens with zero attached hydrogens (tertiary/aromatic N) is 3. The summed E-state index contributed by atoms with van der Waals surface area (Å²) < 4.78 is 44.7. The highest BCUT2D eigenvalue weighted by molar-refractivity contribution is 6.00. The first-order chi connectivity index (χ1) is 17.2. The summed E-state index contributed by atoms with van der Waals surface area (Å²) >= 11 is 0. The van der Waals surface area contributed by atoms with Crippen molar-refractivity contribution in [2.75, 3.05) is 23.0 Å². The van der Waals surface area contributed by atoms with Gasteiger partial charge in [0.1, 0.15) is 5.75 Å². The third-order valence-corrected chi connectivity index (χ3v) is 5.03. The number of benzene rings is 2. The lowest BCUT2D eigenvalue weighted by molar-refractivity contribution is -0.137. The predicted molar refractivity (Wildman–Crippen MR) is 130 cm³/mol. The molecule has 0 saturated heterocycles. The van der Waals surface area contributed by atoms with E-state index >= 15 is 0 Å². The van der Waals surface area contributed by atoms with Crippen molar-refractivity contribution in [2.24, 2.45) is 0 Å². The lowest BCUT2D eigenvalue weighted by Gasteiger charge is -2.14. The highest BCUT2D eigenvalue weighted by Gasteiger charge is 2.30. The quantitative estimate of drug-likeness (QED) is 0.289. The van der Waals surface area contributed by atoms with Crippen LogP contribution in [0, 0.1) is 6.92 Å². The van der Waals surface area contributed by atoms with Crippen molar-refractivity contribution in [3.05, 3.63) is 84.2 Å². The molecule has 4 rings (SSSR count). The summed E-state index contributed by atoms with van der Waals surface area (Å²) in [5.41, 5.74) is 1.59. The molecule has 2 aromatic heterocycles. The Morgan fingerprint density at radius 1 is 0.944 bits per heavy atom. The predicted octanol–water partition coefficient (Wildman–Crippen LogP) is 6.34. The molecule has 2 heterocycles. The summed E-state index contributed by atoms with van der Waals surface area (Å²) in [5, 5.41) is 7.93. The number of alkyl halides is 3. The molecule has 4 aromatic rings. The number of aromatic nitrogens is 3. The van der Waals surface area contributed by atoms with Gasteiger partial charge in [0.05, 0.1) is 16.8 Å². The van der Waals surface area contributed by atoms with Crippen molar-refractivity contribution in [3.63, 3.8) is 0 Å². The third kappa shape index (κ3) is 5.87. The van der Waals surface area contributed by atoms with Gasteiger partial charge in [-0.3, -0.25) is 0 Å². The molecule has 0 fully saturated rings. The van der Waals surface area contributed by atoms with E-state index in [1.165, 1.54) is 12.1 Å². The monoisotopic (exact) mass is 494 g/mol. The van der Waals surface area contributed by atoms with Crippen molar-refractivity contribution in [1.82, 2.24) is 15.0 Å². The van der Waals surface area contributed by atoms with E-state index in [2.05, 4.69) is 30.9 Å². The number of hydrogen-bond donors (Lipinski definition) is 3. The molecule has 3 N–H and O–H groups in total. The topological polar surface area (TPSA) is 101 Å². The van der Waals surface area contributed by atoms with Crippen LogP contribution in [0.1, 0.15) is 11.1 Å². The normalized spacial score (nSPS) is 11.0. The number of urea groups is 1. The maximum Gasteiger partial charge on any atom is 0.416 e. The Morgan fingerprint density at radius 3 is 2.53 bits per heavy atom. The largest absolute Gasteiger partial charge is 0.438 e. The molecule has 0 unspecified atom stereocenters. The summed E-state index contributed by atoms with van der Waals surface area (Å²) in [4.78, 5) is 25.2. The second-order valence-electron chi connectivity index (χ2n) is 7.61. The summed E-state index contributed by atoms with van der Waals surface area (Å²) in [5.74, 6) is 1.26. The minimum absolute atomic E-state index is 0.0220. The Morgan fingerprint density at radius 2 is 1.78 bits per heavy atom. The van der Waals surface area contributed by atoms with Crippen LogP contribution in [-0.4, -0.2) is 28.0 Å². The maximum atomic E-state index is 12.9. The first kappa shape index (κ1) is 24.5. The van der Waals surface area contributed by atoms with Crippen molar-refractivity contribution < 1.29 is 22.7 Å². The van der Waals surface area contributed by atoms with E-state index < -0.39 is 17.8 Å². The van der Waals surface area contributed by atoms with Gasteiger partial charge in [-0.2, -0.15) is 13.2 Å². The fourth-order valence-electron chi connectivity index (χ4n) is 3.31. The van der Waals surface area contributed by atoms with Crippen LogP contribution in [0.4, 0.5) is 35.3 Å². The molecule has 36 heavy (non-hydrogen) atoms. The van der Waals surface area contributed by atoms with Crippen molar-refractivity contribution in [3.8, 4) is 22.9 Å². The summed E-state index contributed by atoms with van der Waals surface area (Å²) in [7, 11) is 1.72. The Bertz CT molecular complexity index is 1390. The minimum atomic E-state index is -4.50. The van der Waals surface area contributed by atoms with Crippen LogP contribution >= 0.6 is 0 Å². The van der Waals surface area contributed by atoms with Gasteiger partial charge in [0, 0.05) is 30.8 Å². The first-order valence-corrected chi connectivity index (χ1v) is 10.7. The molecule has 0 aliphatic heterocycles. The Labute approximate surface area is 204 Å². The van der Waals surface area contributed by atoms with Gasteiger partial charge in [0.2, 0.25) is 11.8 Å². The zero-order chi connectivity index (χ0) is 25.7. The molecule has 11 heteroatoms. The van der Waals surface area contributed by atoms with Crippen LogP contribution in [0.25, 0.3) is 11.3 Å². The smallest absolute Gasteiger partial charge is 0.416 e. The van der Waals surface area contributed by atoms with Crippen LogP contribution in [0.15, 0.2) is 73.1 Å². The maximum absolute atomic E-state index is 12.9. The van der Waals surface area contributed by atoms with E-state index in [0.29, 0.717) is 40.1 Å². The number of anilines is 3. The summed E-state index contributed by atoms with van der Waals surface area (Å²) in [6.45, 7) is 1.76. The number of ether oxygens (including phenoxy) is 1. The number of amides is 2. The molecule has 0 atom stereocenters. The van der Waals surface area contributed by atoms with E-state index in [1.54, 1.807) is 56.7 Å². The van der Waals surface area contributed by atoms with Crippen molar-refractivity contribution in [1.29, 1.82) is 0 Å². The number of hydrogen-bond acceptors (Lipinski definition) is 6. The number of rotatable bonds is 6. The Hall–Kier alpha value is -4.67. The van der Waals surface area contributed by atoms with Gasteiger partial charge < -0.3 is 20.7 Å². The number of carbonyl (C=O) groups is 1. The molecular formula is C25H21F3N6O2. The lowest BCUT2D eigenvalue weighted by Crippen LogP contribution is -2.20. The van der Waals surface area contributed by atoms with Gasteiger partial charge in [-0.1, -0.05) is 6.07 Å². The molecular weight excluding hydrogens is 473 g/mol. The zero-order valence-electron chi connectivity index (χ0n) is 19.2. The highest BCUT2D eigenvalue weighted by Crippen LogP contribution is 2.33. The lowest BCUT2D eigenvalue weighted by atomic mass is 10.1. The van der Waals surface area contributed by atoms with E-state index in [0.717, 1.165) is 12.1 Å². The van der Waals surface area contributed by atoms with E-state index in [1.807, 2.05) is 6.07 Å². The third-order valence-electron chi connectivity index (χ3n) is 5.03. The van der Waals surface area contributed by atoms with Gasteiger partial charge in [0.15, 0.2) is 0 Å². The zero-order valence-corrected chi connectivity index (χ0v) is 19.2. The van der Waals surface area contributed by atoms with Gasteiger partial charge >= 0.3 is 12.2 Å². The van der Waals surface area contributed by atoms with Gasteiger partial charge in [-0.25, -0.2) is 19.7 Å². The van der Waals surface area contributed by atoms with Crippen molar-refractivity contribution >= 4 is 23.4 Å². The number of carbonyl (C=O) groups excluding carboxylic acids is 1. The minimum Gasteiger partial charge on any atom is -0.438 e. The second-order valence-corrected chi connectivity index (χ2v) is 7.61. The van der Waals surface area contributed by atoms with Crippen LogP contribution in [0.5, 0.6) is 11.6 Å². The molecule has 2 amide bonds. The van der Waals surface area contributed by atoms with Crippen LogP contribution in [-0.2, 0) is 6.18 Å². The fourth-order valence-corrected chi connectivity index (χ4v) is 3.31. The SMILES string of the molecule is CNc1nccc(-c2cccnc2Oc2ccc(NC(=O)Nc3cccc(C(F)(F)F)c3)c(C)c2)n1. The Balaban J connectivity index is 1.47. The van der Waals surface area contributed by atoms with Crippen LogP contribution < -0.4 is 20.7 Å². The molecule has 0 saturated carbocycles. The van der Waals surface area contributed by atoms with Gasteiger partial charge in [0.25, 0.3) is 0 Å². The number of pyridine rings is 1. The number of halogens is 3. The molecule has 2 aromatic carbocycles. The van der Waals surface area contributed by atoms with E-state index in [9.17, 15) is 18.0 Å². The fraction of sp³-hybridized carbons (Fsp3) is 0.120. The molecule has 184 valence electrons. The summed E-state index contributed by atoms with van der Waals surface area (Å²) in [6.07, 6.45) is -1.28. The standard InChI is InChI=1S/C25H21F3N6O2/c1-15-13-18(36-22-19(7-4-11-30-22)21-10-12-31-23(29-2)33-21)8-9-20(15)34-24(35)32-17-6-3-5-16(14-17)25(26,27)28/h3-14H,1-2H3,(H,29,31,33)(H2,32,34,35). The van der Waals surface area contributed by atoms with Crippen LogP contribution in [0.2, 0.25) is 0 Å². The van der Waals surface area contributed by atoms with Crippen molar-refractivity contribution in [2.45, 2.75) is 13.1 Å². The summed E-state index contributed by atoms with van der Waals surface area (Å²) in [6, 6.07) is 14.0. The molecule has 8 nitrogen and oxygen atoms in total. The van der Waals surface area contributed by atoms with E-state index in [4.69, 9.17) is 4.74 Å².